The van der Waals surface area contributed by atoms with E-state index >= 15 is 0 Å². The molecule has 0 aliphatic carbocycles. The maximum absolute atomic E-state index is 12.5. The lowest BCUT2D eigenvalue weighted by Gasteiger charge is -2.10. The second kappa shape index (κ2) is 13.2. The Hall–Kier alpha value is -4.72. The van der Waals surface area contributed by atoms with Crippen molar-refractivity contribution < 1.29 is 38.1 Å². The molecule has 0 aromatic heterocycles. The van der Waals surface area contributed by atoms with E-state index in [9.17, 15) is 19.2 Å². The van der Waals surface area contributed by atoms with Crippen molar-refractivity contribution in [3.63, 3.8) is 0 Å². The summed E-state index contributed by atoms with van der Waals surface area (Å²) in [5.41, 5.74) is 1.50. The smallest absolute Gasteiger partial charge is 0.339 e. The lowest BCUT2D eigenvalue weighted by atomic mass is 10.1. The molecule has 0 aliphatic rings. The van der Waals surface area contributed by atoms with Crippen LogP contribution in [-0.4, -0.2) is 37.9 Å². The average molecular weight is 491 g/mol. The van der Waals surface area contributed by atoms with Gasteiger partial charge in [0.25, 0.3) is 0 Å². The number of rotatable bonds is 12. The molecule has 2 aromatic carbocycles. The Kier molecular flexibility index (Phi) is 10.1. The zero-order valence-electron chi connectivity index (χ0n) is 20.1. The first kappa shape index (κ1) is 27.5. The molecule has 8 heteroatoms. The number of carbonyl (C=O) groups is 4. The molecule has 0 heterocycles. The Bertz CT molecular complexity index is 1200. The third-order valence-corrected chi connectivity index (χ3v) is 4.75. The zero-order chi connectivity index (χ0) is 26.7. The Labute approximate surface area is 209 Å². The highest BCUT2D eigenvalue weighted by Gasteiger charge is 2.14. The van der Waals surface area contributed by atoms with Gasteiger partial charge in [-0.3, -0.25) is 14.4 Å². The average Bonchev–Trinajstić information content (AvgIpc) is 2.88. The van der Waals surface area contributed by atoms with Crippen LogP contribution in [0.3, 0.4) is 0 Å². The summed E-state index contributed by atoms with van der Waals surface area (Å²) in [6.07, 6.45) is 2.73. The third kappa shape index (κ3) is 8.57. The third-order valence-electron chi connectivity index (χ3n) is 4.75. The number of hydrogen-bond acceptors (Lipinski definition) is 8. The predicted octanol–water partition coefficient (Wildman–Crippen LogP) is 4.62. The number of hydrogen-bond donors (Lipinski definition) is 0. The van der Waals surface area contributed by atoms with Crippen molar-refractivity contribution in [1.29, 1.82) is 0 Å². The molecule has 2 aromatic rings. The molecule has 186 valence electrons. The molecule has 0 amide bonds. The van der Waals surface area contributed by atoms with Crippen LogP contribution in [0.25, 0.3) is 6.08 Å². The largest absolute Gasteiger partial charge is 0.469 e. The van der Waals surface area contributed by atoms with Crippen molar-refractivity contribution in [3.05, 3.63) is 102 Å². The van der Waals surface area contributed by atoms with Crippen LogP contribution in [-0.2, 0) is 23.9 Å². The maximum atomic E-state index is 12.5. The summed E-state index contributed by atoms with van der Waals surface area (Å²) >= 11 is 0. The van der Waals surface area contributed by atoms with E-state index in [1.807, 2.05) is 0 Å². The van der Waals surface area contributed by atoms with Gasteiger partial charge in [-0.1, -0.05) is 37.9 Å². The molecule has 0 saturated carbocycles. The molecule has 0 fully saturated rings. The SMILES string of the molecule is C=C(CC(=O)OC)C(=C)Oc1ccc(C(=O)/C=C/c2ccc(OC(=O)C(=C)CC(=O)OC)cc2)cc1. The van der Waals surface area contributed by atoms with Crippen LogP contribution < -0.4 is 9.47 Å². The zero-order valence-corrected chi connectivity index (χ0v) is 20.1. The summed E-state index contributed by atoms with van der Waals surface area (Å²) in [5.74, 6) is -1.08. The van der Waals surface area contributed by atoms with Gasteiger partial charge in [0.1, 0.15) is 17.3 Å². The van der Waals surface area contributed by atoms with E-state index in [-0.39, 0.29) is 35.7 Å². The number of methoxy groups -OCH3 is 2. The van der Waals surface area contributed by atoms with Gasteiger partial charge in [-0.15, -0.1) is 0 Å². The fourth-order valence-electron chi connectivity index (χ4n) is 2.66. The van der Waals surface area contributed by atoms with Gasteiger partial charge in [-0.2, -0.15) is 0 Å². The summed E-state index contributed by atoms with van der Waals surface area (Å²) < 4.78 is 19.8. The minimum absolute atomic E-state index is 0.0247. The number of benzene rings is 2. The highest BCUT2D eigenvalue weighted by atomic mass is 16.5. The Morgan fingerprint density at radius 2 is 1.22 bits per heavy atom. The quantitative estimate of drug-likeness (QED) is 0.106. The fourth-order valence-corrected chi connectivity index (χ4v) is 2.66. The van der Waals surface area contributed by atoms with E-state index in [1.54, 1.807) is 54.6 Å². The second-order valence-electron chi connectivity index (χ2n) is 7.42. The maximum Gasteiger partial charge on any atom is 0.339 e. The second-order valence-corrected chi connectivity index (χ2v) is 7.42. The van der Waals surface area contributed by atoms with Crippen molar-refractivity contribution in [2.45, 2.75) is 12.8 Å². The van der Waals surface area contributed by atoms with Gasteiger partial charge in [-0.05, 0) is 53.6 Å². The molecule has 0 unspecified atom stereocenters. The Morgan fingerprint density at radius 1 is 0.722 bits per heavy atom. The van der Waals surface area contributed by atoms with Crippen LogP contribution >= 0.6 is 0 Å². The van der Waals surface area contributed by atoms with Gasteiger partial charge in [-0.25, -0.2) is 4.79 Å². The van der Waals surface area contributed by atoms with E-state index in [1.165, 1.54) is 20.3 Å². The van der Waals surface area contributed by atoms with E-state index in [0.717, 1.165) is 0 Å². The molecule has 0 bridgehead atoms. The molecular formula is C28H26O8. The molecular weight excluding hydrogens is 464 g/mol. The standard InChI is InChI=1S/C28H26O8/c1-18(16-26(30)33-4)20(3)35-23-13-9-22(10-14-23)25(29)15-8-21-6-11-24(12-7-21)36-28(32)19(2)17-27(31)34-5/h6-15H,1-3,16-17H2,4-5H3/b15-8+. The monoisotopic (exact) mass is 490 g/mol. The topological polar surface area (TPSA) is 105 Å². The van der Waals surface area contributed by atoms with Crippen molar-refractivity contribution in [2.75, 3.05) is 14.2 Å². The molecule has 0 atom stereocenters. The highest BCUT2D eigenvalue weighted by Crippen LogP contribution is 2.20. The molecule has 8 nitrogen and oxygen atoms in total. The van der Waals surface area contributed by atoms with Crippen molar-refractivity contribution in [1.82, 2.24) is 0 Å². The molecule has 0 N–H and O–H groups in total. The summed E-state index contributed by atoms with van der Waals surface area (Å²) in [6, 6.07) is 12.9. The fraction of sp³-hybridized carbons (Fsp3) is 0.143. The van der Waals surface area contributed by atoms with Crippen LogP contribution in [0.5, 0.6) is 11.5 Å². The molecule has 2 rings (SSSR count). The van der Waals surface area contributed by atoms with Gasteiger partial charge in [0, 0.05) is 11.1 Å². The number of carbonyl (C=O) groups excluding carboxylic acids is 4. The Balaban J connectivity index is 1.92. The summed E-state index contributed by atoms with van der Waals surface area (Å²) in [4.78, 5) is 47.0. The minimum atomic E-state index is -0.734. The molecule has 0 spiro atoms. The summed E-state index contributed by atoms with van der Waals surface area (Å²) in [5, 5.41) is 0. The van der Waals surface area contributed by atoms with E-state index < -0.39 is 17.9 Å². The van der Waals surface area contributed by atoms with Crippen molar-refractivity contribution >= 4 is 29.8 Å². The van der Waals surface area contributed by atoms with Crippen LogP contribution in [0.2, 0.25) is 0 Å². The van der Waals surface area contributed by atoms with Crippen LogP contribution in [0.15, 0.2) is 91.2 Å². The minimum Gasteiger partial charge on any atom is -0.469 e. The molecule has 0 aliphatic heterocycles. The first-order chi connectivity index (χ1) is 17.1. The summed E-state index contributed by atoms with van der Waals surface area (Å²) in [7, 11) is 2.50. The van der Waals surface area contributed by atoms with Gasteiger partial charge in [0.15, 0.2) is 5.78 Å². The molecule has 36 heavy (non-hydrogen) atoms. The van der Waals surface area contributed by atoms with Gasteiger partial charge in [0.05, 0.1) is 27.1 Å². The Morgan fingerprint density at radius 3 is 1.78 bits per heavy atom. The van der Waals surface area contributed by atoms with Crippen molar-refractivity contribution in [2.24, 2.45) is 0 Å². The van der Waals surface area contributed by atoms with Gasteiger partial charge in [0.2, 0.25) is 0 Å². The number of esters is 3. The van der Waals surface area contributed by atoms with Crippen molar-refractivity contribution in [3.8, 4) is 11.5 Å². The van der Waals surface area contributed by atoms with Gasteiger partial charge < -0.3 is 18.9 Å². The number of ketones is 1. The van der Waals surface area contributed by atoms with E-state index in [0.29, 0.717) is 22.4 Å². The van der Waals surface area contributed by atoms with Crippen LogP contribution in [0.1, 0.15) is 28.8 Å². The predicted molar refractivity (Wildman–Crippen MR) is 133 cm³/mol. The summed E-state index contributed by atoms with van der Waals surface area (Å²) in [6.45, 7) is 11.0. The first-order valence-electron chi connectivity index (χ1n) is 10.6. The lowest BCUT2D eigenvalue weighted by molar-refractivity contribution is -0.141. The first-order valence-corrected chi connectivity index (χ1v) is 10.6. The molecule has 0 radical (unpaired) electrons. The van der Waals surface area contributed by atoms with Crippen LogP contribution in [0, 0.1) is 0 Å². The highest BCUT2D eigenvalue weighted by molar-refractivity contribution is 6.06. The number of ether oxygens (including phenoxy) is 4. The normalized spacial score (nSPS) is 10.3. The lowest BCUT2D eigenvalue weighted by Crippen LogP contribution is -2.14. The van der Waals surface area contributed by atoms with Gasteiger partial charge >= 0.3 is 17.9 Å². The van der Waals surface area contributed by atoms with E-state index in [4.69, 9.17) is 9.47 Å². The van der Waals surface area contributed by atoms with Crippen LogP contribution in [0.4, 0.5) is 0 Å². The van der Waals surface area contributed by atoms with E-state index in [2.05, 4.69) is 29.2 Å². The number of allylic oxidation sites excluding steroid dienone is 2. The molecule has 0 saturated heterocycles.